The lowest BCUT2D eigenvalue weighted by molar-refractivity contribution is 0.424. The molecule has 0 fully saturated rings. The molecular formula is C14H19NS. The molecule has 0 atom stereocenters. The Morgan fingerprint density at radius 3 is 2.75 bits per heavy atom. The van der Waals surface area contributed by atoms with Gasteiger partial charge in [-0.2, -0.15) is 0 Å². The lowest BCUT2D eigenvalue weighted by Gasteiger charge is -2.20. The number of benzene rings is 1. The summed E-state index contributed by atoms with van der Waals surface area (Å²) < 4.78 is 0. The van der Waals surface area contributed by atoms with Crippen molar-refractivity contribution in [1.82, 2.24) is 5.32 Å². The average Bonchev–Trinajstić information content (AvgIpc) is 2.23. The number of terminal acetylenes is 1. The highest BCUT2D eigenvalue weighted by Crippen LogP contribution is 2.18. The topological polar surface area (TPSA) is 12.0 Å². The molecule has 0 aromatic heterocycles. The fourth-order valence-electron chi connectivity index (χ4n) is 1.24. The SMILES string of the molecule is C#CCSc1cccc(CNC(C)(C)C)c1. The zero-order chi connectivity index (χ0) is 12.0. The van der Waals surface area contributed by atoms with Gasteiger partial charge >= 0.3 is 0 Å². The van der Waals surface area contributed by atoms with Gasteiger partial charge in [0.1, 0.15) is 0 Å². The van der Waals surface area contributed by atoms with Crippen LogP contribution < -0.4 is 5.32 Å². The maximum absolute atomic E-state index is 5.25. The summed E-state index contributed by atoms with van der Waals surface area (Å²) in [7, 11) is 0. The third-order valence-corrected chi connectivity index (χ3v) is 2.94. The minimum absolute atomic E-state index is 0.155. The highest BCUT2D eigenvalue weighted by atomic mass is 32.2. The van der Waals surface area contributed by atoms with Crippen molar-refractivity contribution in [3.63, 3.8) is 0 Å². The first-order valence-corrected chi connectivity index (χ1v) is 6.40. The lowest BCUT2D eigenvalue weighted by atomic mass is 10.1. The Kier molecular flexibility index (Phi) is 4.92. The van der Waals surface area contributed by atoms with Crippen LogP contribution in [0.15, 0.2) is 29.2 Å². The first kappa shape index (κ1) is 13.2. The van der Waals surface area contributed by atoms with Crippen LogP contribution in [0.1, 0.15) is 26.3 Å². The molecule has 0 bridgehead atoms. The van der Waals surface area contributed by atoms with Crippen molar-refractivity contribution in [3.8, 4) is 12.3 Å². The second-order valence-electron chi connectivity index (χ2n) is 4.74. The van der Waals surface area contributed by atoms with E-state index in [1.807, 2.05) is 0 Å². The number of rotatable bonds is 4. The van der Waals surface area contributed by atoms with Crippen LogP contribution in [0, 0.1) is 12.3 Å². The van der Waals surface area contributed by atoms with Gasteiger partial charge in [-0.1, -0.05) is 18.1 Å². The Morgan fingerprint density at radius 1 is 1.38 bits per heavy atom. The first-order valence-electron chi connectivity index (χ1n) is 5.41. The van der Waals surface area contributed by atoms with Gasteiger partial charge in [-0.15, -0.1) is 18.2 Å². The van der Waals surface area contributed by atoms with E-state index in [2.05, 4.69) is 56.3 Å². The molecule has 0 heterocycles. The van der Waals surface area contributed by atoms with Gasteiger partial charge < -0.3 is 5.32 Å². The van der Waals surface area contributed by atoms with E-state index in [0.717, 1.165) is 12.3 Å². The van der Waals surface area contributed by atoms with E-state index in [9.17, 15) is 0 Å². The molecule has 0 radical (unpaired) electrons. The van der Waals surface area contributed by atoms with Crippen LogP contribution in [0.25, 0.3) is 0 Å². The molecule has 1 rings (SSSR count). The highest BCUT2D eigenvalue weighted by molar-refractivity contribution is 7.99. The Hall–Kier alpha value is -0.910. The minimum Gasteiger partial charge on any atom is -0.308 e. The van der Waals surface area contributed by atoms with Crippen molar-refractivity contribution in [2.45, 2.75) is 37.8 Å². The van der Waals surface area contributed by atoms with E-state index in [1.165, 1.54) is 10.5 Å². The average molecular weight is 233 g/mol. The van der Waals surface area contributed by atoms with E-state index in [-0.39, 0.29) is 5.54 Å². The van der Waals surface area contributed by atoms with Gasteiger partial charge in [-0.25, -0.2) is 0 Å². The summed E-state index contributed by atoms with van der Waals surface area (Å²) >= 11 is 1.70. The standard InChI is InChI=1S/C14H19NS/c1-5-9-16-13-8-6-7-12(10-13)11-15-14(2,3)4/h1,6-8,10,15H,9,11H2,2-4H3. The fourth-order valence-corrected chi connectivity index (χ4v) is 1.90. The lowest BCUT2D eigenvalue weighted by Crippen LogP contribution is -2.35. The number of nitrogens with one attached hydrogen (secondary N) is 1. The third-order valence-electron chi connectivity index (χ3n) is 2.04. The molecule has 0 aliphatic heterocycles. The van der Waals surface area contributed by atoms with Crippen LogP contribution in [0.4, 0.5) is 0 Å². The van der Waals surface area contributed by atoms with Gasteiger partial charge in [0.25, 0.3) is 0 Å². The Morgan fingerprint density at radius 2 is 2.12 bits per heavy atom. The summed E-state index contributed by atoms with van der Waals surface area (Å²) in [6.07, 6.45) is 5.25. The van der Waals surface area contributed by atoms with Gasteiger partial charge in [-0.05, 0) is 38.5 Å². The molecule has 0 unspecified atom stereocenters. The molecule has 0 saturated carbocycles. The zero-order valence-electron chi connectivity index (χ0n) is 10.2. The molecule has 0 amide bonds. The van der Waals surface area contributed by atoms with Crippen LogP contribution in [-0.4, -0.2) is 11.3 Å². The predicted octanol–water partition coefficient (Wildman–Crippen LogP) is 3.30. The van der Waals surface area contributed by atoms with Crippen molar-refractivity contribution < 1.29 is 0 Å². The first-order chi connectivity index (χ1) is 7.51. The number of hydrogen-bond donors (Lipinski definition) is 1. The Bertz CT molecular complexity index is 371. The second-order valence-corrected chi connectivity index (χ2v) is 5.79. The monoisotopic (exact) mass is 233 g/mol. The third kappa shape index (κ3) is 5.25. The molecule has 86 valence electrons. The molecule has 1 nitrogen and oxygen atoms in total. The summed E-state index contributed by atoms with van der Waals surface area (Å²) in [6.45, 7) is 7.41. The summed E-state index contributed by atoms with van der Waals surface area (Å²) in [5.41, 5.74) is 1.46. The van der Waals surface area contributed by atoms with Gasteiger partial charge in [0.05, 0.1) is 5.75 Å². The Balaban J connectivity index is 2.57. The Labute approximate surface area is 103 Å². The zero-order valence-corrected chi connectivity index (χ0v) is 11.0. The molecule has 1 aromatic rings. The molecule has 1 N–H and O–H groups in total. The van der Waals surface area contributed by atoms with E-state index in [4.69, 9.17) is 6.42 Å². The van der Waals surface area contributed by atoms with E-state index >= 15 is 0 Å². The largest absolute Gasteiger partial charge is 0.308 e. The summed E-state index contributed by atoms with van der Waals surface area (Å²) in [5, 5.41) is 3.47. The number of thioether (sulfide) groups is 1. The van der Waals surface area contributed by atoms with Crippen molar-refractivity contribution in [2.24, 2.45) is 0 Å². The summed E-state index contributed by atoms with van der Waals surface area (Å²) in [6, 6.07) is 8.51. The molecular weight excluding hydrogens is 214 g/mol. The van der Waals surface area contributed by atoms with Crippen LogP contribution in [0.5, 0.6) is 0 Å². The molecule has 0 aliphatic carbocycles. The van der Waals surface area contributed by atoms with Crippen LogP contribution in [0.2, 0.25) is 0 Å². The molecule has 2 heteroatoms. The molecule has 1 aromatic carbocycles. The molecule has 0 saturated heterocycles. The summed E-state index contributed by atoms with van der Waals surface area (Å²) in [4.78, 5) is 1.24. The fraction of sp³-hybridized carbons (Fsp3) is 0.429. The maximum atomic E-state index is 5.25. The quantitative estimate of drug-likeness (QED) is 0.632. The van der Waals surface area contributed by atoms with E-state index in [1.54, 1.807) is 11.8 Å². The van der Waals surface area contributed by atoms with Gasteiger partial charge in [0.15, 0.2) is 0 Å². The van der Waals surface area contributed by atoms with E-state index < -0.39 is 0 Å². The normalized spacial score (nSPS) is 11.1. The van der Waals surface area contributed by atoms with Crippen LogP contribution in [-0.2, 0) is 6.54 Å². The van der Waals surface area contributed by atoms with Crippen molar-refractivity contribution >= 4 is 11.8 Å². The van der Waals surface area contributed by atoms with Crippen molar-refractivity contribution in [3.05, 3.63) is 29.8 Å². The second kappa shape index (κ2) is 5.98. The number of hydrogen-bond acceptors (Lipinski definition) is 2. The van der Waals surface area contributed by atoms with Gasteiger partial charge in [-0.3, -0.25) is 0 Å². The maximum Gasteiger partial charge on any atom is 0.0592 e. The smallest absolute Gasteiger partial charge is 0.0592 e. The minimum atomic E-state index is 0.155. The molecule has 0 aliphatic rings. The molecule has 16 heavy (non-hydrogen) atoms. The van der Waals surface area contributed by atoms with E-state index in [0.29, 0.717) is 0 Å². The van der Waals surface area contributed by atoms with Gasteiger partial charge in [0.2, 0.25) is 0 Å². The van der Waals surface area contributed by atoms with Crippen molar-refractivity contribution in [2.75, 3.05) is 5.75 Å². The van der Waals surface area contributed by atoms with Crippen molar-refractivity contribution in [1.29, 1.82) is 0 Å². The van der Waals surface area contributed by atoms with Gasteiger partial charge in [0, 0.05) is 17.0 Å². The summed E-state index contributed by atoms with van der Waals surface area (Å²) in [5.74, 6) is 3.37. The van der Waals surface area contributed by atoms with Crippen LogP contribution >= 0.6 is 11.8 Å². The predicted molar refractivity (Wildman–Crippen MR) is 72.6 cm³/mol. The van der Waals surface area contributed by atoms with Crippen LogP contribution in [0.3, 0.4) is 0 Å². The molecule has 0 spiro atoms. The highest BCUT2D eigenvalue weighted by Gasteiger charge is 2.08.